The van der Waals surface area contributed by atoms with Crippen molar-refractivity contribution in [3.05, 3.63) is 17.8 Å². The summed E-state index contributed by atoms with van der Waals surface area (Å²) < 4.78 is 0. The number of carbonyl (C=O) groups is 2. The second-order valence-electron chi connectivity index (χ2n) is 5.95. The number of aromatic nitrogens is 2. The fourth-order valence-corrected chi connectivity index (χ4v) is 2.89. The van der Waals surface area contributed by atoms with Crippen LogP contribution >= 0.6 is 0 Å². The number of anilines is 1. The van der Waals surface area contributed by atoms with E-state index in [2.05, 4.69) is 20.4 Å². The van der Waals surface area contributed by atoms with Gasteiger partial charge in [-0.05, 0) is 31.4 Å². The van der Waals surface area contributed by atoms with Crippen LogP contribution in [0.4, 0.5) is 5.82 Å². The molecule has 2 aliphatic rings. The largest absolute Gasteiger partial charge is 0.355 e. The first-order valence-corrected chi connectivity index (χ1v) is 7.77. The second kappa shape index (κ2) is 6.29. The Morgan fingerprint density at radius 3 is 2.64 bits per heavy atom. The molecule has 2 aliphatic heterocycles. The average molecular weight is 303 g/mol. The quantitative estimate of drug-likeness (QED) is 0.876. The van der Waals surface area contributed by atoms with Crippen LogP contribution in [-0.4, -0.2) is 59.6 Å². The van der Waals surface area contributed by atoms with Gasteiger partial charge in [0.25, 0.3) is 5.91 Å². The molecule has 1 aromatic rings. The fraction of sp³-hybridized carbons (Fsp3) is 0.600. The molecule has 0 aromatic carbocycles. The topological polar surface area (TPSA) is 78.4 Å². The smallest absolute Gasteiger partial charge is 0.272 e. The average Bonchev–Trinajstić information content (AvgIpc) is 3.05. The number of hydrogen-bond acceptors (Lipinski definition) is 5. The number of nitrogens with zero attached hydrogens (tertiary/aromatic N) is 4. The SMILES string of the molecule is CN1CCC(NC(=O)c2ccc(N3CCCC3)nn2)CC1=O. The fourth-order valence-electron chi connectivity index (χ4n) is 2.89. The van der Waals surface area contributed by atoms with Crippen molar-refractivity contribution in [2.45, 2.75) is 31.7 Å². The maximum absolute atomic E-state index is 12.2. The highest BCUT2D eigenvalue weighted by atomic mass is 16.2. The third-order valence-electron chi connectivity index (χ3n) is 4.31. The summed E-state index contributed by atoms with van der Waals surface area (Å²) in [4.78, 5) is 27.7. The molecule has 1 unspecified atom stereocenters. The molecule has 0 aliphatic carbocycles. The second-order valence-corrected chi connectivity index (χ2v) is 5.95. The lowest BCUT2D eigenvalue weighted by Gasteiger charge is -2.29. The van der Waals surface area contributed by atoms with Gasteiger partial charge in [0.05, 0.1) is 0 Å². The Morgan fingerprint density at radius 1 is 1.23 bits per heavy atom. The summed E-state index contributed by atoms with van der Waals surface area (Å²) in [6.45, 7) is 2.67. The Hall–Kier alpha value is -2.18. The van der Waals surface area contributed by atoms with Crippen molar-refractivity contribution in [2.24, 2.45) is 0 Å². The minimum Gasteiger partial charge on any atom is -0.355 e. The van der Waals surface area contributed by atoms with E-state index in [9.17, 15) is 9.59 Å². The van der Waals surface area contributed by atoms with Gasteiger partial charge < -0.3 is 15.1 Å². The first-order valence-electron chi connectivity index (χ1n) is 7.77. The molecular formula is C15H21N5O2. The van der Waals surface area contributed by atoms with E-state index in [1.807, 2.05) is 6.07 Å². The highest BCUT2D eigenvalue weighted by Crippen LogP contribution is 2.16. The molecule has 0 spiro atoms. The Balaban J connectivity index is 1.59. The normalized spacial score (nSPS) is 22.0. The van der Waals surface area contributed by atoms with Crippen LogP contribution in [0.15, 0.2) is 12.1 Å². The minimum atomic E-state index is -0.261. The van der Waals surface area contributed by atoms with Gasteiger partial charge in [0, 0.05) is 39.1 Å². The molecule has 0 saturated carbocycles. The lowest BCUT2D eigenvalue weighted by atomic mass is 10.0. The lowest BCUT2D eigenvalue weighted by molar-refractivity contribution is -0.132. The summed E-state index contributed by atoms with van der Waals surface area (Å²) in [6, 6.07) is 3.43. The Kier molecular flexibility index (Phi) is 4.22. The van der Waals surface area contributed by atoms with Gasteiger partial charge in [0.1, 0.15) is 0 Å². The van der Waals surface area contributed by atoms with Gasteiger partial charge in [-0.2, -0.15) is 0 Å². The van der Waals surface area contributed by atoms with Crippen molar-refractivity contribution in [3.63, 3.8) is 0 Å². The van der Waals surface area contributed by atoms with Crippen LogP contribution in [0.5, 0.6) is 0 Å². The van der Waals surface area contributed by atoms with E-state index in [0.717, 1.165) is 25.3 Å². The summed E-state index contributed by atoms with van der Waals surface area (Å²) in [6.07, 6.45) is 3.47. The van der Waals surface area contributed by atoms with Gasteiger partial charge in [-0.25, -0.2) is 0 Å². The van der Waals surface area contributed by atoms with Crippen LogP contribution in [0.25, 0.3) is 0 Å². The molecular weight excluding hydrogens is 282 g/mol. The van der Waals surface area contributed by atoms with Crippen LogP contribution in [-0.2, 0) is 4.79 Å². The van der Waals surface area contributed by atoms with Crippen molar-refractivity contribution in [1.82, 2.24) is 20.4 Å². The first-order chi connectivity index (χ1) is 10.6. The maximum Gasteiger partial charge on any atom is 0.272 e. The zero-order valence-corrected chi connectivity index (χ0v) is 12.8. The minimum absolute atomic E-state index is 0.0621. The summed E-state index contributed by atoms with van der Waals surface area (Å²) in [5.74, 6) is 0.623. The molecule has 7 heteroatoms. The van der Waals surface area contributed by atoms with Gasteiger partial charge in [-0.3, -0.25) is 9.59 Å². The predicted octanol–water partition coefficient (Wildman–Crippen LogP) is 0.427. The highest BCUT2D eigenvalue weighted by Gasteiger charge is 2.25. The van der Waals surface area contributed by atoms with Crippen molar-refractivity contribution in [2.75, 3.05) is 31.6 Å². The van der Waals surface area contributed by atoms with Gasteiger partial charge in [-0.1, -0.05) is 0 Å². The predicted molar refractivity (Wildman–Crippen MR) is 81.6 cm³/mol. The van der Waals surface area contributed by atoms with E-state index in [-0.39, 0.29) is 17.9 Å². The molecule has 1 atom stereocenters. The molecule has 2 fully saturated rings. The number of carbonyl (C=O) groups excluding carboxylic acids is 2. The summed E-state index contributed by atoms with van der Waals surface area (Å²) in [7, 11) is 1.78. The van der Waals surface area contributed by atoms with Crippen LogP contribution < -0.4 is 10.2 Å². The van der Waals surface area contributed by atoms with E-state index >= 15 is 0 Å². The Labute approximate surface area is 129 Å². The molecule has 0 radical (unpaired) electrons. The molecule has 1 N–H and O–H groups in total. The lowest BCUT2D eigenvalue weighted by Crippen LogP contribution is -2.46. The van der Waals surface area contributed by atoms with Crippen LogP contribution in [0.3, 0.4) is 0 Å². The van der Waals surface area contributed by atoms with Crippen molar-refractivity contribution < 1.29 is 9.59 Å². The zero-order valence-electron chi connectivity index (χ0n) is 12.8. The molecule has 1 aromatic heterocycles. The maximum atomic E-state index is 12.2. The van der Waals surface area contributed by atoms with Crippen molar-refractivity contribution >= 4 is 17.6 Å². The molecule has 2 saturated heterocycles. The number of likely N-dealkylation sites (tertiary alicyclic amines) is 1. The van der Waals surface area contributed by atoms with E-state index in [1.165, 1.54) is 12.8 Å². The monoisotopic (exact) mass is 303 g/mol. The molecule has 3 heterocycles. The standard InChI is InChI=1S/C15H21N5O2/c1-19-9-6-11(10-14(19)21)16-15(22)12-4-5-13(18-17-12)20-7-2-3-8-20/h4-5,11H,2-3,6-10H2,1H3,(H,16,22). The van der Waals surface area contributed by atoms with Crippen molar-refractivity contribution in [3.8, 4) is 0 Å². The first kappa shape index (κ1) is 14.7. The number of amides is 2. The number of nitrogens with one attached hydrogen (secondary N) is 1. The molecule has 3 rings (SSSR count). The molecule has 22 heavy (non-hydrogen) atoms. The highest BCUT2D eigenvalue weighted by molar-refractivity contribution is 5.93. The summed E-state index contributed by atoms with van der Waals surface area (Å²) in [5.41, 5.74) is 0.300. The molecule has 118 valence electrons. The van der Waals surface area contributed by atoms with E-state index < -0.39 is 0 Å². The van der Waals surface area contributed by atoms with Crippen LogP contribution in [0.2, 0.25) is 0 Å². The third kappa shape index (κ3) is 3.18. The number of rotatable bonds is 3. The van der Waals surface area contributed by atoms with Crippen molar-refractivity contribution in [1.29, 1.82) is 0 Å². The van der Waals surface area contributed by atoms with E-state index in [4.69, 9.17) is 0 Å². The molecule has 0 bridgehead atoms. The number of hydrogen-bond donors (Lipinski definition) is 1. The summed E-state index contributed by atoms with van der Waals surface area (Å²) >= 11 is 0. The van der Waals surface area contributed by atoms with Crippen LogP contribution in [0, 0.1) is 0 Å². The van der Waals surface area contributed by atoms with Gasteiger partial charge in [-0.15, -0.1) is 10.2 Å². The Bertz CT molecular complexity index is 554. The molecule has 2 amide bonds. The van der Waals surface area contributed by atoms with Gasteiger partial charge in [0.15, 0.2) is 11.5 Å². The van der Waals surface area contributed by atoms with E-state index in [1.54, 1.807) is 18.0 Å². The number of piperidine rings is 1. The van der Waals surface area contributed by atoms with E-state index in [0.29, 0.717) is 18.7 Å². The van der Waals surface area contributed by atoms with Crippen LogP contribution in [0.1, 0.15) is 36.2 Å². The summed E-state index contributed by atoms with van der Waals surface area (Å²) in [5, 5.41) is 11.0. The third-order valence-corrected chi connectivity index (χ3v) is 4.31. The zero-order chi connectivity index (χ0) is 15.5. The van der Waals surface area contributed by atoms with Gasteiger partial charge in [0.2, 0.25) is 5.91 Å². The molecule has 7 nitrogen and oxygen atoms in total. The Morgan fingerprint density at radius 2 is 2.00 bits per heavy atom. The van der Waals surface area contributed by atoms with Gasteiger partial charge >= 0.3 is 0 Å².